The van der Waals surface area contributed by atoms with Crippen molar-refractivity contribution in [2.75, 3.05) is 32.7 Å². The van der Waals surface area contributed by atoms with E-state index in [0.29, 0.717) is 5.92 Å². The lowest BCUT2D eigenvalue weighted by Gasteiger charge is -2.36. The van der Waals surface area contributed by atoms with Crippen LogP contribution in [0.25, 0.3) is 0 Å². The Morgan fingerprint density at radius 1 is 0.842 bits per heavy atom. The zero-order valence-electron chi connectivity index (χ0n) is 12.2. The second-order valence-electron chi connectivity index (χ2n) is 6.80. The number of hydrogen-bond acceptors (Lipinski definition) is 2. The molecule has 2 saturated heterocycles. The van der Waals surface area contributed by atoms with E-state index in [2.05, 4.69) is 9.80 Å². The van der Waals surface area contributed by atoms with Crippen molar-refractivity contribution in [3.63, 3.8) is 0 Å². The quantitative estimate of drug-likeness (QED) is 0.627. The predicted molar refractivity (Wildman–Crippen MR) is 79.7 cm³/mol. The lowest BCUT2D eigenvalue weighted by Crippen LogP contribution is -2.43. The Kier molecular flexibility index (Phi) is 4.42. The summed E-state index contributed by atoms with van der Waals surface area (Å²) in [4.78, 5) is 5.04. The maximum atomic E-state index is 8.39. The summed E-state index contributed by atoms with van der Waals surface area (Å²) in [6, 6.07) is 0. The predicted octanol–water partition coefficient (Wildman–Crippen LogP) is 2.96. The summed E-state index contributed by atoms with van der Waals surface area (Å²) in [5.41, 5.74) is 0. The fourth-order valence-corrected chi connectivity index (χ4v) is 4.14. The SMILES string of the molecule is N=C(C1CCCC1)N1CCC(CN2CCCC2)CC1. The monoisotopic (exact) mass is 263 g/mol. The van der Waals surface area contributed by atoms with Gasteiger partial charge in [0.1, 0.15) is 0 Å². The van der Waals surface area contributed by atoms with Crippen LogP contribution in [0, 0.1) is 17.2 Å². The average molecular weight is 263 g/mol. The van der Waals surface area contributed by atoms with Crippen LogP contribution in [0.5, 0.6) is 0 Å². The second-order valence-corrected chi connectivity index (χ2v) is 6.80. The van der Waals surface area contributed by atoms with Crippen LogP contribution in [-0.4, -0.2) is 48.4 Å². The first-order chi connectivity index (χ1) is 9.33. The molecule has 1 N–H and O–H groups in total. The van der Waals surface area contributed by atoms with Gasteiger partial charge in [-0.05, 0) is 57.5 Å². The molecule has 3 nitrogen and oxygen atoms in total. The first-order valence-electron chi connectivity index (χ1n) is 8.38. The summed E-state index contributed by atoms with van der Waals surface area (Å²) < 4.78 is 0. The van der Waals surface area contributed by atoms with Crippen LogP contribution in [0.4, 0.5) is 0 Å². The zero-order chi connectivity index (χ0) is 13.1. The molecule has 2 aliphatic heterocycles. The largest absolute Gasteiger partial charge is 0.360 e. The Hall–Kier alpha value is -0.570. The van der Waals surface area contributed by atoms with Gasteiger partial charge in [0, 0.05) is 25.6 Å². The standard InChI is InChI=1S/C16H29N3/c17-16(15-5-1-2-6-15)19-11-7-14(8-12-19)13-18-9-3-4-10-18/h14-15,17H,1-13H2. The fraction of sp³-hybridized carbons (Fsp3) is 0.938. The Morgan fingerprint density at radius 3 is 2.11 bits per heavy atom. The lowest BCUT2D eigenvalue weighted by molar-refractivity contribution is 0.196. The van der Waals surface area contributed by atoms with Crippen molar-refractivity contribution in [1.82, 2.24) is 9.80 Å². The number of amidine groups is 1. The molecule has 108 valence electrons. The van der Waals surface area contributed by atoms with Gasteiger partial charge in [-0.2, -0.15) is 0 Å². The van der Waals surface area contributed by atoms with Crippen molar-refractivity contribution >= 4 is 5.84 Å². The van der Waals surface area contributed by atoms with E-state index < -0.39 is 0 Å². The molecule has 3 aliphatic rings. The molecular formula is C16H29N3. The molecule has 19 heavy (non-hydrogen) atoms. The lowest BCUT2D eigenvalue weighted by atomic mass is 9.94. The van der Waals surface area contributed by atoms with Crippen molar-refractivity contribution in [3.05, 3.63) is 0 Å². The van der Waals surface area contributed by atoms with E-state index in [-0.39, 0.29) is 0 Å². The molecule has 0 atom stereocenters. The van der Waals surface area contributed by atoms with Crippen LogP contribution >= 0.6 is 0 Å². The Morgan fingerprint density at radius 2 is 1.47 bits per heavy atom. The molecular weight excluding hydrogens is 234 g/mol. The van der Waals surface area contributed by atoms with Crippen molar-refractivity contribution in [3.8, 4) is 0 Å². The van der Waals surface area contributed by atoms with E-state index in [0.717, 1.165) is 24.8 Å². The van der Waals surface area contributed by atoms with Gasteiger partial charge < -0.3 is 9.80 Å². The molecule has 0 unspecified atom stereocenters. The van der Waals surface area contributed by atoms with Crippen molar-refractivity contribution in [1.29, 1.82) is 5.41 Å². The maximum Gasteiger partial charge on any atom is 0.0989 e. The fourth-order valence-electron chi connectivity index (χ4n) is 4.14. The van der Waals surface area contributed by atoms with Gasteiger partial charge in [-0.25, -0.2) is 0 Å². The van der Waals surface area contributed by atoms with Crippen molar-refractivity contribution < 1.29 is 0 Å². The topological polar surface area (TPSA) is 30.3 Å². The van der Waals surface area contributed by atoms with Crippen molar-refractivity contribution in [2.24, 2.45) is 11.8 Å². The molecule has 0 spiro atoms. The Labute approximate surface area is 117 Å². The van der Waals surface area contributed by atoms with Crippen molar-refractivity contribution in [2.45, 2.75) is 51.4 Å². The van der Waals surface area contributed by atoms with E-state index in [4.69, 9.17) is 5.41 Å². The molecule has 2 heterocycles. The van der Waals surface area contributed by atoms with Crippen LogP contribution in [0.15, 0.2) is 0 Å². The first-order valence-corrected chi connectivity index (χ1v) is 8.38. The summed E-state index contributed by atoms with van der Waals surface area (Å²) in [5, 5.41) is 8.39. The number of piperidine rings is 1. The molecule has 1 aliphatic carbocycles. The van der Waals surface area contributed by atoms with Crippen LogP contribution in [0.2, 0.25) is 0 Å². The van der Waals surface area contributed by atoms with Gasteiger partial charge in [-0.15, -0.1) is 0 Å². The van der Waals surface area contributed by atoms with E-state index in [1.165, 1.54) is 71.0 Å². The number of likely N-dealkylation sites (tertiary alicyclic amines) is 2. The van der Waals surface area contributed by atoms with Gasteiger partial charge in [0.15, 0.2) is 0 Å². The third kappa shape index (κ3) is 3.31. The molecule has 0 aromatic heterocycles. The van der Waals surface area contributed by atoms with E-state index >= 15 is 0 Å². The van der Waals surface area contributed by atoms with E-state index in [1.807, 2.05) is 0 Å². The first kappa shape index (κ1) is 13.4. The van der Waals surface area contributed by atoms with E-state index in [9.17, 15) is 0 Å². The molecule has 1 saturated carbocycles. The second kappa shape index (κ2) is 6.25. The van der Waals surface area contributed by atoms with Crippen LogP contribution < -0.4 is 0 Å². The number of rotatable bonds is 3. The van der Waals surface area contributed by atoms with Gasteiger partial charge in [0.05, 0.1) is 5.84 Å². The maximum absolute atomic E-state index is 8.39. The third-order valence-electron chi connectivity index (χ3n) is 5.41. The molecule has 0 radical (unpaired) electrons. The normalized spacial score (nSPS) is 27.3. The van der Waals surface area contributed by atoms with Gasteiger partial charge >= 0.3 is 0 Å². The Balaban J connectivity index is 1.42. The minimum absolute atomic E-state index is 0.593. The van der Waals surface area contributed by atoms with Gasteiger partial charge in [-0.1, -0.05) is 12.8 Å². The highest BCUT2D eigenvalue weighted by atomic mass is 15.2. The molecule has 3 heteroatoms. The molecule has 3 rings (SSSR count). The highest BCUT2D eigenvalue weighted by Crippen LogP contribution is 2.29. The number of nitrogens with one attached hydrogen (secondary N) is 1. The smallest absolute Gasteiger partial charge is 0.0989 e. The minimum Gasteiger partial charge on any atom is -0.360 e. The number of hydrogen-bond donors (Lipinski definition) is 1. The van der Waals surface area contributed by atoms with E-state index in [1.54, 1.807) is 0 Å². The van der Waals surface area contributed by atoms with Gasteiger partial charge in [0.25, 0.3) is 0 Å². The molecule has 0 amide bonds. The number of nitrogens with zero attached hydrogens (tertiary/aromatic N) is 2. The minimum atomic E-state index is 0.593. The molecule has 3 fully saturated rings. The van der Waals surface area contributed by atoms with Crippen LogP contribution in [0.3, 0.4) is 0 Å². The highest BCUT2D eigenvalue weighted by Gasteiger charge is 2.28. The summed E-state index contributed by atoms with van der Waals surface area (Å²) >= 11 is 0. The van der Waals surface area contributed by atoms with Gasteiger partial charge in [-0.3, -0.25) is 5.41 Å². The molecule has 0 aromatic carbocycles. The van der Waals surface area contributed by atoms with Crippen LogP contribution in [0.1, 0.15) is 51.4 Å². The molecule has 0 aromatic rings. The summed E-state index contributed by atoms with van der Waals surface area (Å²) in [6.07, 6.45) is 10.7. The Bertz CT molecular complexity index is 295. The highest BCUT2D eigenvalue weighted by molar-refractivity contribution is 5.82. The summed E-state index contributed by atoms with van der Waals surface area (Å²) in [7, 11) is 0. The van der Waals surface area contributed by atoms with Crippen LogP contribution in [-0.2, 0) is 0 Å². The zero-order valence-corrected chi connectivity index (χ0v) is 12.2. The summed E-state index contributed by atoms with van der Waals surface area (Å²) in [5.74, 6) is 2.46. The molecule has 0 bridgehead atoms. The summed E-state index contributed by atoms with van der Waals surface area (Å²) in [6.45, 7) is 6.28. The average Bonchev–Trinajstić information content (AvgIpc) is 3.12. The third-order valence-corrected chi connectivity index (χ3v) is 5.41. The van der Waals surface area contributed by atoms with Gasteiger partial charge in [0.2, 0.25) is 0 Å².